The lowest BCUT2D eigenvalue weighted by Crippen LogP contribution is -2.54. The minimum absolute atomic E-state index is 0.00185. The molecule has 1 amide bonds. The zero-order valence-electron chi connectivity index (χ0n) is 7.97. The minimum atomic E-state index is -0.00185. The molecule has 0 aromatic heterocycles. The van der Waals surface area contributed by atoms with Crippen LogP contribution in [-0.4, -0.2) is 29.9 Å². The number of nitrogens with zero attached hydrogens (tertiary/aromatic N) is 4. The number of carbonyl (C=O) groups excluding carboxylic acids is 1. The van der Waals surface area contributed by atoms with Crippen LogP contribution >= 0.6 is 0 Å². The van der Waals surface area contributed by atoms with Crippen molar-refractivity contribution in [2.75, 3.05) is 13.1 Å². The van der Waals surface area contributed by atoms with Crippen LogP contribution in [0.25, 0.3) is 10.4 Å². The zero-order valence-corrected chi connectivity index (χ0v) is 7.97. The summed E-state index contributed by atoms with van der Waals surface area (Å²) in [5.74, 6) is 0.263. The predicted molar refractivity (Wildman–Crippen MR) is 49.0 cm³/mol. The van der Waals surface area contributed by atoms with Gasteiger partial charge in [0.2, 0.25) is 5.91 Å². The van der Waals surface area contributed by atoms with Gasteiger partial charge in [-0.25, -0.2) is 0 Å². The molecule has 0 aromatic rings. The highest BCUT2D eigenvalue weighted by molar-refractivity contribution is 5.79. The molecule has 0 aliphatic carbocycles. The van der Waals surface area contributed by atoms with E-state index in [2.05, 4.69) is 10.0 Å². The second-order valence-corrected chi connectivity index (χ2v) is 3.41. The molecule has 0 saturated carbocycles. The van der Waals surface area contributed by atoms with Gasteiger partial charge in [0.15, 0.2) is 0 Å². The van der Waals surface area contributed by atoms with Crippen molar-refractivity contribution >= 4 is 5.91 Å². The van der Waals surface area contributed by atoms with Crippen molar-refractivity contribution < 1.29 is 4.79 Å². The van der Waals surface area contributed by atoms with Gasteiger partial charge in [0.25, 0.3) is 0 Å². The van der Waals surface area contributed by atoms with Crippen LogP contribution in [0.5, 0.6) is 0 Å². The molecule has 1 rings (SSSR count). The molecule has 0 aromatic carbocycles. The van der Waals surface area contributed by atoms with Crippen molar-refractivity contribution in [3.63, 3.8) is 0 Å². The van der Waals surface area contributed by atoms with E-state index in [1.165, 1.54) is 0 Å². The molecule has 1 aliphatic rings. The summed E-state index contributed by atoms with van der Waals surface area (Å²) in [4.78, 5) is 15.9. The fourth-order valence-corrected chi connectivity index (χ4v) is 1.27. The van der Waals surface area contributed by atoms with Crippen LogP contribution in [-0.2, 0) is 4.79 Å². The normalized spacial score (nSPS) is 18.8. The Kier molecular flexibility index (Phi) is 3.14. The smallest absolute Gasteiger partial charge is 0.225 e. The summed E-state index contributed by atoms with van der Waals surface area (Å²) in [6.07, 6.45) is 0.863. The lowest BCUT2D eigenvalue weighted by atomic mass is 10.0. The van der Waals surface area contributed by atoms with Gasteiger partial charge in [-0.2, -0.15) is 0 Å². The highest BCUT2D eigenvalue weighted by Gasteiger charge is 2.31. The van der Waals surface area contributed by atoms with Crippen LogP contribution in [0.3, 0.4) is 0 Å². The Morgan fingerprint density at radius 1 is 1.77 bits per heavy atom. The van der Waals surface area contributed by atoms with Crippen LogP contribution in [0.1, 0.15) is 20.3 Å². The van der Waals surface area contributed by atoms with Gasteiger partial charge in [-0.05, 0) is 12.0 Å². The first-order chi connectivity index (χ1) is 6.19. The van der Waals surface area contributed by atoms with E-state index in [9.17, 15) is 4.79 Å². The van der Waals surface area contributed by atoms with Crippen molar-refractivity contribution in [3.05, 3.63) is 10.4 Å². The molecule has 5 heteroatoms. The monoisotopic (exact) mass is 182 g/mol. The van der Waals surface area contributed by atoms with E-state index in [1.54, 1.807) is 4.90 Å². The van der Waals surface area contributed by atoms with Crippen LogP contribution in [0.2, 0.25) is 0 Å². The molecule has 0 N–H and O–H groups in total. The fourth-order valence-electron chi connectivity index (χ4n) is 1.27. The number of hydrogen-bond donors (Lipinski definition) is 0. The van der Waals surface area contributed by atoms with Crippen LogP contribution in [0, 0.1) is 5.92 Å². The van der Waals surface area contributed by atoms with Crippen molar-refractivity contribution in [2.45, 2.75) is 26.3 Å². The first kappa shape index (κ1) is 9.86. The lowest BCUT2D eigenvalue weighted by molar-refractivity contribution is -0.139. The van der Waals surface area contributed by atoms with Gasteiger partial charge >= 0.3 is 0 Å². The van der Waals surface area contributed by atoms with Gasteiger partial charge in [0, 0.05) is 23.9 Å². The summed E-state index contributed by atoms with van der Waals surface area (Å²) in [5, 5.41) is 3.53. The topological polar surface area (TPSA) is 69.1 Å². The first-order valence-corrected chi connectivity index (χ1v) is 4.52. The Hall–Kier alpha value is -1.22. The maximum Gasteiger partial charge on any atom is 0.225 e. The molecule has 1 atom stereocenters. The predicted octanol–water partition coefficient (Wildman–Crippen LogP) is 1.55. The summed E-state index contributed by atoms with van der Waals surface area (Å²) < 4.78 is 0. The Labute approximate surface area is 77.3 Å². The summed E-state index contributed by atoms with van der Waals surface area (Å²) in [6, 6.07) is -0.00185. The lowest BCUT2D eigenvalue weighted by Gasteiger charge is -2.38. The molecule has 0 bridgehead atoms. The number of carbonyl (C=O) groups is 1. The maximum atomic E-state index is 11.5. The van der Waals surface area contributed by atoms with Gasteiger partial charge in [0.1, 0.15) is 0 Å². The number of azide groups is 1. The Morgan fingerprint density at radius 2 is 2.38 bits per heavy atom. The van der Waals surface area contributed by atoms with E-state index in [1.807, 2.05) is 13.8 Å². The van der Waals surface area contributed by atoms with E-state index in [0.29, 0.717) is 13.1 Å². The molecule has 5 nitrogen and oxygen atoms in total. The van der Waals surface area contributed by atoms with Crippen molar-refractivity contribution in [1.82, 2.24) is 4.90 Å². The van der Waals surface area contributed by atoms with Crippen LogP contribution in [0.15, 0.2) is 5.11 Å². The third kappa shape index (κ3) is 2.12. The molecule has 13 heavy (non-hydrogen) atoms. The summed E-state index contributed by atoms with van der Waals surface area (Å²) in [5.41, 5.74) is 8.14. The largest absolute Gasteiger partial charge is 0.342 e. The number of rotatable bonds is 3. The van der Waals surface area contributed by atoms with E-state index in [-0.39, 0.29) is 17.9 Å². The van der Waals surface area contributed by atoms with E-state index < -0.39 is 0 Å². The zero-order chi connectivity index (χ0) is 9.84. The molecule has 0 spiro atoms. The molecular weight excluding hydrogens is 168 g/mol. The number of amides is 1. The maximum absolute atomic E-state index is 11.5. The van der Waals surface area contributed by atoms with Gasteiger partial charge in [-0.1, -0.05) is 19.0 Å². The second-order valence-electron chi connectivity index (χ2n) is 3.41. The Morgan fingerprint density at radius 3 is 2.85 bits per heavy atom. The summed E-state index contributed by atoms with van der Waals surface area (Å²) >= 11 is 0. The first-order valence-electron chi connectivity index (χ1n) is 4.52. The SMILES string of the molecule is CC[C@H](C)C(=O)N1CC(N=[N+]=[N-])C1. The minimum Gasteiger partial charge on any atom is -0.342 e. The standard InChI is InChI=1S/C8H14N4O/c1-3-6(2)8(13)12-4-7(5-12)10-11-9/h6-7H,3-5H2,1-2H3/t6-/m0/s1. The molecule has 1 fully saturated rings. The third-order valence-corrected chi connectivity index (χ3v) is 2.42. The summed E-state index contributed by atoms with van der Waals surface area (Å²) in [6.45, 7) is 5.09. The highest BCUT2D eigenvalue weighted by Crippen LogP contribution is 2.16. The van der Waals surface area contributed by atoms with Gasteiger partial charge in [-0.3, -0.25) is 4.79 Å². The molecule has 1 aliphatic heterocycles. The Bertz CT molecular complexity index is 241. The molecule has 1 heterocycles. The number of likely N-dealkylation sites (tertiary alicyclic amines) is 1. The van der Waals surface area contributed by atoms with Gasteiger partial charge in [0.05, 0.1) is 6.04 Å². The Balaban J connectivity index is 2.34. The number of hydrogen-bond acceptors (Lipinski definition) is 2. The van der Waals surface area contributed by atoms with Crippen LogP contribution in [0.4, 0.5) is 0 Å². The fraction of sp³-hybridized carbons (Fsp3) is 0.875. The van der Waals surface area contributed by atoms with Crippen molar-refractivity contribution in [1.29, 1.82) is 0 Å². The van der Waals surface area contributed by atoms with Gasteiger partial charge in [-0.15, -0.1) is 0 Å². The van der Waals surface area contributed by atoms with E-state index in [0.717, 1.165) is 6.42 Å². The van der Waals surface area contributed by atoms with Crippen LogP contribution < -0.4 is 0 Å². The van der Waals surface area contributed by atoms with Crippen molar-refractivity contribution in [3.8, 4) is 0 Å². The highest BCUT2D eigenvalue weighted by atomic mass is 16.2. The molecular formula is C8H14N4O. The molecule has 0 radical (unpaired) electrons. The average Bonchev–Trinajstić information content (AvgIpc) is 2.08. The molecule has 0 unspecified atom stereocenters. The van der Waals surface area contributed by atoms with E-state index >= 15 is 0 Å². The van der Waals surface area contributed by atoms with E-state index in [4.69, 9.17) is 5.53 Å². The quantitative estimate of drug-likeness (QED) is 0.371. The van der Waals surface area contributed by atoms with Gasteiger partial charge < -0.3 is 4.90 Å². The third-order valence-electron chi connectivity index (χ3n) is 2.42. The summed E-state index contributed by atoms with van der Waals surface area (Å²) in [7, 11) is 0. The van der Waals surface area contributed by atoms with Crippen molar-refractivity contribution in [2.24, 2.45) is 11.0 Å². The molecule has 1 saturated heterocycles. The second kappa shape index (κ2) is 4.14. The average molecular weight is 182 g/mol. The molecule has 72 valence electrons.